The van der Waals surface area contributed by atoms with Crippen LogP contribution in [-0.2, 0) is 25.6 Å². The number of nitrogens with one attached hydrogen (secondary N) is 2. The Morgan fingerprint density at radius 2 is 1.31 bits per heavy atom. The zero-order chi connectivity index (χ0) is 35.4. The van der Waals surface area contributed by atoms with Gasteiger partial charge in [-0.3, -0.25) is 9.37 Å². The predicted molar refractivity (Wildman–Crippen MR) is 200 cm³/mol. The molecule has 0 saturated carbocycles. The molecule has 1 amide bonds. The molecule has 1 aromatic carbocycles. The van der Waals surface area contributed by atoms with E-state index < -0.39 is 0 Å². The molecule has 54 heavy (non-hydrogen) atoms. The molecule has 10 nitrogen and oxygen atoms in total. The number of ether oxygens (including phenoxy) is 3. The Morgan fingerprint density at radius 3 is 1.91 bits per heavy atom. The summed E-state index contributed by atoms with van der Waals surface area (Å²) in [5, 5.41) is 7.76. The van der Waals surface area contributed by atoms with Crippen LogP contribution in [0.15, 0.2) is 18.2 Å². The average molecular weight is 818 g/mol. The number of hydrogen-bond acceptors (Lipinski definition) is 6. The maximum atomic E-state index is 12.7. The summed E-state index contributed by atoms with van der Waals surface area (Å²) in [6.07, 6.45) is 23.6. The van der Waals surface area contributed by atoms with E-state index in [4.69, 9.17) is 14.2 Å². The number of hydrogen-bond donors (Lipinski definition) is 4. The number of nitrogens with zero attached hydrogens (tertiary/aromatic N) is 2. The number of amides is 1. The summed E-state index contributed by atoms with van der Waals surface area (Å²) in [6, 6.07) is 7.76. The lowest BCUT2D eigenvalue weighted by molar-refractivity contribution is -0.626. The molecule has 2 fully saturated rings. The molecule has 5 heterocycles. The second kappa shape index (κ2) is 23.8. The van der Waals surface area contributed by atoms with Crippen LogP contribution in [0, 0.1) is 0 Å². The second-order valence-corrected chi connectivity index (χ2v) is 16.1. The van der Waals surface area contributed by atoms with Crippen LogP contribution >= 0.6 is 0 Å². The first-order chi connectivity index (χ1) is 25.1. The van der Waals surface area contributed by atoms with Crippen molar-refractivity contribution in [3.05, 3.63) is 34.9 Å². The van der Waals surface area contributed by atoms with Gasteiger partial charge < -0.3 is 67.8 Å². The lowest BCUT2D eigenvalue weighted by atomic mass is 9.89. The number of carbonyl (C=O) groups is 1. The maximum Gasteiger partial charge on any atom is 0.351 e. The first kappa shape index (κ1) is 47.0. The highest BCUT2D eigenvalue weighted by atomic mass is 35.5. The minimum Gasteiger partial charge on any atom is -1.00 e. The van der Waals surface area contributed by atoms with E-state index >= 15 is 0 Å². The fraction of sp³-hybridized carbons (Fsp3) is 0.805. The highest BCUT2D eigenvalue weighted by molar-refractivity contribution is 5.78. The number of fused-ring (bicyclic) bond motifs is 3. The van der Waals surface area contributed by atoms with E-state index in [0.29, 0.717) is 31.0 Å². The van der Waals surface area contributed by atoms with Gasteiger partial charge in [-0.1, -0.05) is 57.1 Å². The van der Waals surface area contributed by atoms with E-state index in [0.717, 1.165) is 123 Å². The van der Waals surface area contributed by atoms with Crippen molar-refractivity contribution in [1.29, 1.82) is 0 Å². The van der Waals surface area contributed by atoms with Gasteiger partial charge in [-0.25, -0.2) is 10.6 Å². The Balaban J connectivity index is 0.00000261. The number of guanidine groups is 1. The van der Waals surface area contributed by atoms with Crippen LogP contribution in [0.4, 0.5) is 0 Å². The fourth-order valence-electron chi connectivity index (χ4n) is 9.30. The third-order valence-electron chi connectivity index (χ3n) is 12.2. The van der Waals surface area contributed by atoms with Crippen LogP contribution in [0.5, 0.6) is 0 Å². The van der Waals surface area contributed by atoms with Crippen molar-refractivity contribution in [3.63, 3.8) is 0 Å². The molecule has 5 aliphatic rings. The number of unbranched alkanes of at least 4 members (excludes halogenated alkanes) is 9. The van der Waals surface area contributed by atoms with Crippen LogP contribution in [0.2, 0.25) is 0 Å². The molecule has 0 aromatic heterocycles. The first-order valence-corrected chi connectivity index (χ1v) is 21.1. The van der Waals surface area contributed by atoms with Crippen molar-refractivity contribution in [2.45, 2.75) is 165 Å². The monoisotopic (exact) mass is 816 g/mol. The molecular weight excluding hydrogens is 747 g/mol. The first-order valence-electron chi connectivity index (χ1n) is 21.1. The number of benzene rings is 1. The molecule has 310 valence electrons. The van der Waals surface area contributed by atoms with Crippen molar-refractivity contribution in [1.82, 2.24) is 15.5 Å². The number of rotatable bonds is 21. The van der Waals surface area contributed by atoms with Gasteiger partial charge in [0.2, 0.25) is 5.91 Å². The molecule has 0 radical (unpaired) electrons. The topological polar surface area (TPSA) is 130 Å². The summed E-state index contributed by atoms with van der Waals surface area (Å²) in [6.45, 7) is 6.76. The Hall–Kier alpha value is -1.37. The minimum absolute atomic E-state index is 0. The Labute approximate surface area is 344 Å². The molecule has 2 saturated heterocycles. The largest absolute Gasteiger partial charge is 1.00 e. The number of quaternary nitrogens is 2. The van der Waals surface area contributed by atoms with Gasteiger partial charge in [0.15, 0.2) is 11.4 Å². The molecule has 8 N–H and O–H groups in total. The van der Waals surface area contributed by atoms with Crippen LogP contribution in [0.3, 0.4) is 0 Å². The van der Waals surface area contributed by atoms with Gasteiger partial charge in [-0.05, 0) is 74.1 Å². The molecule has 1 aromatic rings. The quantitative estimate of drug-likeness (QED) is 0.0738. The summed E-state index contributed by atoms with van der Waals surface area (Å²) >= 11 is 0. The van der Waals surface area contributed by atoms with Crippen molar-refractivity contribution >= 4 is 11.9 Å². The van der Waals surface area contributed by atoms with Crippen LogP contribution < -0.4 is 59.3 Å². The van der Waals surface area contributed by atoms with Crippen molar-refractivity contribution < 1.29 is 72.3 Å². The van der Waals surface area contributed by atoms with E-state index in [9.17, 15) is 4.79 Å². The minimum atomic E-state index is -0.297. The maximum absolute atomic E-state index is 12.7. The Kier molecular flexibility index (Phi) is 20.7. The van der Waals surface area contributed by atoms with E-state index in [2.05, 4.69) is 49.8 Å². The molecule has 13 heteroatoms. The summed E-state index contributed by atoms with van der Waals surface area (Å²) in [5.74, 6) is 1.45. The molecular formula is C41H71Cl3N6O4. The lowest BCUT2D eigenvalue weighted by Gasteiger charge is -2.47. The predicted octanol–water partition coefficient (Wildman–Crippen LogP) is -4.16. The van der Waals surface area contributed by atoms with Gasteiger partial charge in [-0.2, -0.15) is 0 Å². The summed E-state index contributed by atoms with van der Waals surface area (Å²) in [7, 11) is 0. The van der Waals surface area contributed by atoms with E-state index in [1.54, 1.807) is 0 Å². The molecule has 4 atom stereocenters. The summed E-state index contributed by atoms with van der Waals surface area (Å²) in [4.78, 5) is 14.8. The molecule has 6 rings (SSSR count). The van der Waals surface area contributed by atoms with Crippen molar-refractivity contribution in [2.75, 3.05) is 46.0 Å². The standard InChI is InChI=1S/C41H68N6O4.3ClH/c42-22-11-12-24-46(25-16-23-43)38(48)17-8-6-4-2-1-3-5-7-13-26-49-32-33-18-19-34-35(29-33)37-31-41(21-10-15-28-51-41)45-39-44-40(20-9-14-27-50-40)30-36(34)47(37)39;;;/h18-19,29,36-37H,1-17,20-28,30-32,42-43H2,(H,44,45);3*1H/t36-,37+,40+,41-;;;/m1.../s1. The normalized spacial score (nSPS) is 25.1. The average Bonchev–Trinajstić information content (AvgIpc) is 3.44. The zero-order valence-corrected chi connectivity index (χ0v) is 35.2. The molecule has 5 aliphatic heterocycles. The molecule has 0 unspecified atom stereocenters. The van der Waals surface area contributed by atoms with Gasteiger partial charge in [0, 0.05) is 58.2 Å². The van der Waals surface area contributed by atoms with Gasteiger partial charge in [0.1, 0.15) is 12.1 Å². The third-order valence-corrected chi connectivity index (χ3v) is 12.2. The third kappa shape index (κ3) is 12.3. The number of carbonyl (C=O) groups excluding carboxylic acids is 1. The highest BCUT2D eigenvalue weighted by Crippen LogP contribution is 2.51. The van der Waals surface area contributed by atoms with Gasteiger partial charge in [0.25, 0.3) is 0 Å². The van der Waals surface area contributed by atoms with E-state index in [1.165, 1.54) is 74.5 Å². The Bertz CT molecular complexity index is 1290. The zero-order valence-electron chi connectivity index (χ0n) is 33.0. The summed E-state index contributed by atoms with van der Waals surface area (Å²) < 4.78 is 21.9. The van der Waals surface area contributed by atoms with Crippen LogP contribution in [0.25, 0.3) is 0 Å². The number of halogens is 3. The van der Waals surface area contributed by atoms with Gasteiger partial charge in [-0.15, -0.1) is 0 Å². The highest BCUT2D eigenvalue weighted by Gasteiger charge is 2.58. The van der Waals surface area contributed by atoms with Gasteiger partial charge in [0.05, 0.1) is 32.9 Å². The molecule has 2 spiro atoms. The lowest BCUT2D eigenvalue weighted by Crippen LogP contribution is -3.00. The van der Waals surface area contributed by atoms with E-state index in [1.807, 2.05) is 0 Å². The van der Waals surface area contributed by atoms with Crippen LogP contribution in [0.1, 0.15) is 164 Å². The Morgan fingerprint density at radius 1 is 0.741 bits per heavy atom. The van der Waals surface area contributed by atoms with Crippen molar-refractivity contribution in [2.24, 2.45) is 0 Å². The van der Waals surface area contributed by atoms with Gasteiger partial charge >= 0.3 is 5.96 Å². The SMILES string of the molecule is [Cl-].[Cl-].[Cl-].[NH3+]CCCCN(CCC[NH3+])C(=O)CCCCCCCCCCCOCc1ccc2c(c1)[C@@H]1C[C@]3(CCCCO3)NC3=[N+]1[C@@H]2C[C@@]1(CCCCO1)N3. The smallest absolute Gasteiger partial charge is 0.351 e. The second-order valence-electron chi connectivity index (χ2n) is 16.1. The summed E-state index contributed by atoms with van der Waals surface area (Å²) in [5.41, 5.74) is 11.5. The van der Waals surface area contributed by atoms with Crippen LogP contribution in [-0.4, -0.2) is 78.8 Å². The molecule has 0 bridgehead atoms. The fourth-order valence-corrected chi connectivity index (χ4v) is 9.30. The molecule has 0 aliphatic carbocycles. The van der Waals surface area contributed by atoms with E-state index in [-0.39, 0.29) is 48.7 Å². The van der Waals surface area contributed by atoms with Crippen molar-refractivity contribution in [3.8, 4) is 0 Å².